The first-order valence-electron chi connectivity index (χ1n) is 7.46. The molecule has 0 aliphatic heterocycles. The highest BCUT2D eigenvalue weighted by atomic mass is 35.5. The molecule has 5 nitrogen and oxygen atoms in total. The first kappa shape index (κ1) is 17.8. The Bertz CT molecular complexity index is 762. The van der Waals surface area contributed by atoms with Crippen molar-refractivity contribution in [2.75, 3.05) is 12.3 Å². The van der Waals surface area contributed by atoms with E-state index in [1.54, 1.807) is 38.1 Å². The number of carbonyl (C=O) groups is 2. The van der Waals surface area contributed by atoms with Gasteiger partial charge in [0.25, 0.3) is 5.91 Å². The minimum atomic E-state index is -0.628. The van der Waals surface area contributed by atoms with E-state index < -0.39 is 11.9 Å². The molecule has 2 rings (SSSR count). The molecule has 1 amide bonds. The van der Waals surface area contributed by atoms with Crippen molar-refractivity contribution >= 4 is 29.2 Å². The van der Waals surface area contributed by atoms with Gasteiger partial charge in [-0.05, 0) is 37.1 Å². The lowest BCUT2D eigenvalue weighted by molar-refractivity contribution is -0.124. The van der Waals surface area contributed by atoms with E-state index in [0.29, 0.717) is 10.7 Å². The summed E-state index contributed by atoms with van der Waals surface area (Å²) in [6.45, 7) is 3.21. The van der Waals surface area contributed by atoms with Crippen LogP contribution in [0.4, 0.5) is 5.69 Å². The molecular formula is C18H19ClN2O3. The quantitative estimate of drug-likeness (QED) is 0.643. The molecule has 0 aliphatic rings. The number of nitrogen functional groups attached to an aromatic ring is 1. The van der Waals surface area contributed by atoms with E-state index in [1.165, 1.54) is 0 Å². The van der Waals surface area contributed by atoms with Gasteiger partial charge in [0.15, 0.2) is 6.61 Å². The number of ether oxygens (including phenoxy) is 1. The van der Waals surface area contributed by atoms with Gasteiger partial charge in [-0.25, -0.2) is 4.79 Å². The highest BCUT2D eigenvalue weighted by Crippen LogP contribution is 2.22. The van der Waals surface area contributed by atoms with Crippen molar-refractivity contribution in [3.8, 4) is 0 Å². The molecule has 0 unspecified atom stereocenters. The number of para-hydroxylation sites is 1. The standard InChI is InChI=1S/C18H19ClN2O3/c1-11-6-5-8-14(17(11)20)18(23)24-10-16(22)21-12(2)13-7-3-4-9-15(13)19/h3-9,12H,10,20H2,1-2H3,(H,21,22)/t12-/m0/s1. The van der Waals surface area contributed by atoms with Crippen molar-refractivity contribution in [3.05, 3.63) is 64.2 Å². The van der Waals surface area contributed by atoms with Gasteiger partial charge >= 0.3 is 5.97 Å². The van der Waals surface area contributed by atoms with Crippen LogP contribution in [-0.4, -0.2) is 18.5 Å². The molecule has 0 fully saturated rings. The average molecular weight is 347 g/mol. The number of halogens is 1. The first-order valence-corrected chi connectivity index (χ1v) is 7.84. The molecular weight excluding hydrogens is 328 g/mol. The molecule has 0 heterocycles. The van der Waals surface area contributed by atoms with Gasteiger partial charge in [0.1, 0.15) is 0 Å². The lowest BCUT2D eigenvalue weighted by Crippen LogP contribution is -2.31. The lowest BCUT2D eigenvalue weighted by Gasteiger charge is -2.16. The Morgan fingerprint density at radius 3 is 2.62 bits per heavy atom. The van der Waals surface area contributed by atoms with Crippen molar-refractivity contribution in [2.24, 2.45) is 0 Å². The Hall–Kier alpha value is -2.53. The number of hydrogen-bond acceptors (Lipinski definition) is 4. The third-order valence-corrected chi connectivity index (χ3v) is 3.97. The van der Waals surface area contributed by atoms with Gasteiger partial charge < -0.3 is 15.8 Å². The van der Waals surface area contributed by atoms with E-state index in [9.17, 15) is 9.59 Å². The van der Waals surface area contributed by atoms with Crippen LogP contribution in [-0.2, 0) is 9.53 Å². The number of rotatable bonds is 5. The zero-order chi connectivity index (χ0) is 17.7. The second-order valence-electron chi connectivity index (χ2n) is 5.42. The summed E-state index contributed by atoms with van der Waals surface area (Å²) in [6.07, 6.45) is 0. The molecule has 2 aromatic rings. The predicted octanol–water partition coefficient (Wildman–Crippen LogP) is 3.26. The summed E-state index contributed by atoms with van der Waals surface area (Å²) in [6, 6.07) is 12.0. The molecule has 1 atom stereocenters. The van der Waals surface area contributed by atoms with Crippen LogP contribution < -0.4 is 11.1 Å². The second kappa shape index (κ2) is 7.84. The van der Waals surface area contributed by atoms with Crippen molar-refractivity contribution in [1.29, 1.82) is 0 Å². The van der Waals surface area contributed by atoms with Gasteiger partial charge in [-0.3, -0.25) is 4.79 Å². The van der Waals surface area contributed by atoms with Crippen LogP contribution in [0, 0.1) is 6.92 Å². The molecule has 24 heavy (non-hydrogen) atoms. The van der Waals surface area contributed by atoms with Crippen LogP contribution in [0.2, 0.25) is 5.02 Å². The van der Waals surface area contributed by atoms with E-state index in [0.717, 1.165) is 11.1 Å². The number of esters is 1. The largest absolute Gasteiger partial charge is 0.452 e. The molecule has 0 aliphatic carbocycles. The lowest BCUT2D eigenvalue weighted by atomic mass is 10.1. The van der Waals surface area contributed by atoms with Crippen molar-refractivity contribution in [2.45, 2.75) is 19.9 Å². The summed E-state index contributed by atoms with van der Waals surface area (Å²) in [5.74, 6) is -1.04. The molecule has 0 saturated carbocycles. The summed E-state index contributed by atoms with van der Waals surface area (Å²) in [5.41, 5.74) is 8.03. The highest BCUT2D eigenvalue weighted by Gasteiger charge is 2.16. The fourth-order valence-corrected chi connectivity index (χ4v) is 2.55. The van der Waals surface area contributed by atoms with Crippen molar-refractivity contribution in [1.82, 2.24) is 5.32 Å². The number of hydrogen-bond donors (Lipinski definition) is 2. The molecule has 0 radical (unpaired) electrons. The SMILES string of the molecule is Cc1cccc(C(=O)OCC(=O)N[C@@H](C)c2ccccc2Cl)c1N. The fourth-order valence-electron chi connectivity index (χ4n) is 2.25. The monoisotopic (exact) mass is 346 g/mol. The van der Waals surface area contributed by atoms with Crippen LogP contribution in [0.3, 0.4) is 0 Å². The third kappa shape index (κ3) is 4.26. The molecule has 126 valence electrons. The number of benzene rings is 2. The molecule has 6 heteroatoms. The summed E-state index contributed by atoms with van der Waals surface area (Å²) < 4.78 is 5.03. The molecule has 3 N–H and O–H groups in total. The second-order valence-corrected chi connectivity index (χ2v) is 5.83. The van der Waals surface area contributed by atoms with E-state index in [2.05, 4.69) is 5.32 Å². The Labute approximate surface area is 145 Å². The Balaban J connectivity index is 1.92. The highest BCUT2D eigenvalue weighted by molar-refractivity contribution is 6.31. The van der Waals surface area contributed by atoms with Crippen molar-refractivity contribution in [3.63, 3.8) is 0 Å². The maximum absolute atomic E-state index is 12.0. The van der Waals surface area contributed by atoms with Gasteiger partial charge in [0.05, 0.1) is 11.6 Å². The van der Waals surface area contributed by atoms with Crippen LogP contribution in [0.15, 0.2) is 42.5 Å². The van der Waals surface area contributed by atoms with Crippen LogP contribution in [0.25, 0.3) is 0 Å². The summed E-state index contributed by atoms with van der Waals surface area (Å²) in [7, 11) is 0. The van der Waals surface area contributed by atoms with E-state index in [-0.39, 0.29) is 18.2 Å². The smallest absolute Gasteiger partial charge is 0.340 e. The first-order chi connectivity index (χ1) is 11.4. The minimum absolute atomic E-state index is 0.252. The average Bonchev–Trinajstić information content (AvgIpc) is 2.55. The Morgan fingerprint density at radius 2 is 1.92 bits per heavy atom. The number of aryl methyl sites for hydroxylation is 1. The van der Waals surface area contributed by atoms with E-state index in [4.69, 9.17) is 22.1 Å². The van der Waals surface area contributed by atoms with Gasteiger partial charge in [0.2, 0.25) is 0 Å². The van der Waals surface area contributed by atoms with Crippen LogP contribution in [0.1, 0.15) is 34.5 Å². The van der Waals surface area contributed by atoms with Gasteiger partial charge in [0, 0.05) is 10.7 Å². The topological polar surface area (TPSA) is 81.4 Å². The number of carbonyl (C=O) groups excluding carboxylic acids is 2. The normalized spacial score (nSPS) is 11.6. The summed E-state index contributed by atoms with van der Waals surface area (Å²) in [5, 5.41) is 3.30. The molecule has 0 spiro atoms. The summed E-state index contributed by atoms with van der Waals surface area (Å²) >= 11 is 6.09. The molecule has 0 aromatic heterocycles. The Morgan fingerprint density at radius 1 is 1.21 bits per heavy atom. The molecule has 0 saturated heterocycles. The zero-order valence-electron chi connectivity index (χ0n) is 13.5. The minimum Gasteiger partial charge on any atom is -0.452 e. The third-order valence-electron chi connectivity index (χ3n) is 3.63. The van der Waals surface area contributed by atoms with Gasteiger partial charge in [-0.15, -0.1) is 0 Å². The molecule has 0 bridgehead atoms. The Kier molecular flexibility index (Phi) is 5.82. The zero-order valence-corrected chi connectivity index (χ0v) is 14.3. The number of anilines is 1. The predicted molar refractivity (Wildman–Crippen MR) is 93.9 cm³/mol. The van der Waals surface area contributed by atoms with Crippen LogP contribution in [0.5, 0.6) is 0 Å². The van der Waals surface area contributed by atoms with Gasteiger partial charge in [-0.2, -0.15) is 0 Å². The fraction of sp³-hybridized carbons (Fsp3) is 0.222. The van der Waals surface area contributed by atoms with E-state index in [1.807, 2.05) is 18.2 Å². The number of nitrogens with two attached hydrogens (primary N) is 1. The molecule has 2 aromatic carbocycles. The maximum Gasteiger partial charge on any atom is 0.340 e. The number of amides is 1. The van der Waals surface area contributed by atoms with Gasteiger partial charge in [-0.1, -0.05) is 41.9 Å². The number of nitrogens with one attached hydrogen (secondary N) is 1. The van der Waals surface area contributed by atoms with E-state index >= 15 is 0 Å². The van der Waals surface area contributed by atoms with Crippen molar-refractivity contribution < 1.29 is 14.3 Å². The summed E-state index contributed by atoms with van der Waals surface area (Å²) in [4.78, 5) is 24.0. The maximum atomic E-state index is 12.0. The van der Waals surface area contributed by atoms with Crippen LogP contribution >= 0.6 is 11.6 Å².